The van der Waals surface area contributed by atoms with Crippen LogP contribution in [0.4, 0.5) is 9.18 Å². The molecule has 3 rings (SSSR count). The first-order valence-corrected chi connectivity index (χ1v) is 11.0. The average molecular weight is 446 g/mol. The molecule has 0 radical (unpaired) electrons. The molecule has 0 fully saturated rings. The molecule has 31 heavy (non-hydrogen) atoms. The summed E-state index contributed by atoms with van der Waals surface area (Å²) in [4.78, 5) is 16.6. The van der Waals surface area contributed by atoms with Gasteiger partial charge in [-0.25, -0.2) is 22.2 Å². The number of pyridine rings is 1. The number of carboxylic acid groups (broad SMARTS) is 1. The minimum atomic E-state index is -4.05. The smallest absolute Gasteiger partial charge is 0.407 e. The van der Waals surface area contributed by atoms with Crippen molar-refractivity contribution >= 4 is 16.1 Å². The highest BCUT2D eigenvalue weighted by atomic mass is 32.2. The van der Waals surface area contributed by atoms with Gasteiger partial charge in [-0.1, -0.05) is 39.0 Å². The third-order valence-corrected chi connectivity index (χ3v) is 6.17. The Hall–Kier alpha value is -3.20. The molecule has 3 aromatic rings. The quantitative estimate of drug-likeness (QED) is 0.566. The summed E-state index contributed by atoms with van der Waals surface area (Å²) in [5.41, 5.74) is 0.205. The van der Waals surface area contributed by atoms with Crippen molar-refractivity contribution in [1.29, 1.82) is 0 Å². The second kappa shape index (κ2) is 8.50. The van der Waals surface area contributed by atoms with Gasteiger partial charge in [-0.05, 0) is 41.3 Å². The Morgan fingerprint density at radius 3 is 2.42 bits per heavy atom. The molecule has 0 spiro atoms. The fraction of sp³-hybridized carbons (Fsp3) is 0.273. The Labute approximate surface area is 180 Å². The molecule has 0 bridgehead atoms. The Morgan fingerprint density at radius 1 is 1.16 bits per heavy atom. The van der Waals surface area contributed by atoms with Crippen LogP contribution in [-0.2, 0) is 16.6 Å². The predicted molar refractivity (Wildman–Crippen MR) is 115 cm³/mol. The number of aromatic nitrogens is 2. The molecule has 2 heterocycles. The van der Waals surface area contributed by atoms with Gasteiger partial charge in [0.15, 0.2) is 0 Å². The molecule has 0 atom stereocenters. The monoisotopic (exact) mass is 445 g/mol. The number of rotatable bonds is 6. The van der Waals surface area contributed by atoms with Gasteiger partial charge in [-0.2, -0.15) is 4.39 Å². The van der Waals surface area contributed by atoms with E-state index in [2.05, 4.69) is 4.98 Å². The van der Waals surface area contributed by atoms with Crippen molar-refractivity contribution in [1.82, 2.24) is 13.9 Å². The molecule has 9 heteroatoms. The van der Waals surface area contributed by atoms with Gasteiger partial charge in [0.25, 0.3) is 10.0 Å². The third kappa shape index (κ3) is 5.11. The Kier molecular flexibility index (Phi) is 6.17. The van der Waals surface area contributed by atoms with Crippen molar-refractivity contribution in [2.24, 2.45) is 5.41 Å². The van der Waals surface area contributed by atoms with Crippen LogP contribution in [-0.4, -0.2) is 40.0 Å². The lowest BCUT2D eigenvalue weighted by molar-refractivity contribution is 0.123. The molecule has 0 saturated heterocycles. The first-order valence-electron chi connectivity index (χ1n) is 9.60. The van der Waals surface area contributed by atoms with Gasteiger partial charge in [-0.15, -0.1) is 0 Å². The molecule has 2 aromatic heterocycles. The Balaban J connectivity index is 2.13. The molecule has 0 aliphatic heterocycles. The van der Waals surface area contributed by atoms with E-state index in [1.165, 1.54) is 47.6 Å². The molecular formula is C22H24FN3O4S. The van der Waals surface area contributed by atoms with E-state index in [1.807, 2.05) is 20.8 Å². The van der Waals surface area contributed by atoms with Crippen molar-refractivity contribution in [3.63, 3.8) is 0 Å². The number of amides is 1. The summed E-state index contributed by atoms with van der Waals surface area (Å²) in [6.07, 6.45) is 1.49. The molecule has 0 aliphatic rings. The van der Waals surface area contributed by atoms with Gasteiger partial charge in [0.05, 0.1) is 22.7 Å². The number of nitrogens with zero attached hydrogens (tertiary/aromatic N) is 3. The highest BCUT2D eigenvalue weighted by Crippen LogP contribution is 2.29. The van der Waals surface area contributed by atoms with Crippen molar-refractivity contribution in [2.75, 3.05) is 6.54 Å². The SMILES string of the molecule is CC(C)(C)CN(Cc1cc(-c2cccnc2F)n(S(=O)(=O)c2ccccc2)c1)C(=O)O. The topological polar surface area (TPSA) is 92.5 Å². The highest BCUT2D eigenvalue weighted by molar-refractivity contribution is 7.90. The highest BCUT2D eigenvalue weighted by Gasteiger charge is 2.26. The van der Waals surface area contributed by atoms with Crippen LogP contribution in [0.15, 0.2) is 65.8 Å². The van der Waals surface area contributed by atoms with Crippen LogP contribution in [0.25, 0.3) is 11.3 Å². The average Bonchev–Trinajstić information content (AvgIpc) is 3.12. The molecule has 0 unspecified atom stereocenters. The van der Waals surface area contributed by atoms with E-state index < -0.39 is 22.1 Å². The maximum Gasteiger partial charge on any atom is 0.407 e. The van der Waals surface area contributed by atoms with E-state index in [4.69, 9.17) is 0 Å². The van der Waals surface area contributed by atoms with Crippen LogP contribution in [0.1, 0.15) is 26.3 Å². The zero-order valence-electron chi connectivity index (χ0n) is 17.5. The molecule has 0 saturated carbocycles. The third-order valence-electron chi connectivity index (χ3n) is 4.49. The lowest BCUT2D eigenvalue weighted by Crippen LogP contribution is -2.36. The summed E-state index contributed by atoms with van der Waals surface area (Å²) in [6.45, 7) is 5.92. The molecular weight excluding hydrogens is 421 g/mol. The summed E-state index contributed by atoms with van der Waals surface area (Å²) in [7, 11) is -4.05. The molecule has 164 valence electrons. The number of halogens is 1. The normalized spacial score (nSPS) is 12.0. The summed E-state index contributed by atoms with van der Waals surface area (Å²) in [5.74, 6) is -0.818. The number of hydrogen-bond acceptors (Lipinski definition) is 4. The van der Waals surface area contributed by atoms with Crippen molar-refractivity contribution in [3.8, 4) is 11.3 Å². The van der Waals surface area contributed by atoms with Crippen molar-refractivity contribution in [2.45, 2.75) is 32.2 Å². The summed E-state index contributed by atoms with van der Waals surface area (Å²) >= 11 is 0. The van der Waals surface area contributed by atoms with Gasteiger partial charge in [-0.3, -0.25) is 0 Å². The summed E-state index contributed by atoms with van der Waals surface area (Å²) in [6, 6.07) is 12.2. The van der Waals surface area contributed by atoms with Gasteiger partial charge < -0.3 is 10.0 Å². The summed E-state index contributed by atoms with van der Waals surface area (Å²) in [5, 5.41) is 9.60. The fourth-order valence-electron chi connectivity index (χ4n) is 3.25. The first-order chi connectivity index (χ1) is 14.5. The summed E-state index contributed by atoms with van der Waals surface area (Å²) < 4.78 is 42.0. The van der Waals surface area contributed by atoms with Crippen molar-refractivity contribution < 1.29 is 22.7 Å². The van der Waals surface area contributed by atoms with Crippen LogP contribution in [0, 0.1) is 11.4 Å². The maximum absolute atomic E-state index is 14.4. The lowest BCUT2D eigenvalue weighted by atomic mass is 9.96. The van der Waals surface area contributed by atoms with Crippen LogP contribution < -0.4 is 0 Å². The van der Waals surface area contributed by atoms with E-state index in [0.717, 1.165) is 3.97 Å². The predicted octanol–water partition coefficient (Wildman–Crippen LogP) is 4.45. The van der Waals surface area contributed by atoms with Crippen LogP contribution in [0.5, 0.6) is 0 Å². The van der Waals surface area contributed by atoms with Gasteiger partial charge in [0.1, 0.15) is 0 Å². The number of hydrogen-bond donors (Lipinski definition) is 1. The van der Waals surface area contributed by atoms with E-state index in [9.17, 15) is 22.7 Å². The van der Waals surface area contributed by atoms with E-state index in [0.29, 0.717) is 5.56 Å². The number of benzene rings is 1. The molecule has 0 aliphatic carbocycles. The first kappa shape index (κ1) is 22.5. The number of carbonyl (C=O) groups is 1. The van der Waals surface area contributed by atoms with Crippen molar-refractivity contribution in [3.05, 3.63) is 72.4 Å². The zero-order chi connectivity index (χ0) is 22.8. The maximum atomic E-state index is 14.4. The van der Waals surface area contributed by atoms with Crippen LogP contribution in [0.3, 0.4) is 0 Å². The molecule has 1 amide bonds. The minimum absolute atomic E-state index is 0.00551. The van der Waals surface area contributed by atoms with Crippen LogP contribution >= 0.6 is 0 Å². The van der Waals surface area contributed by atoms with E-state index >= 15 is 0 Å². The lowest BCUT2D eigenvalue weighted by Gasteiger charge is -2.27. The van der Waals surface area contributed by atoms with Gasteiger partial charge >= 0.3 is 6.09 Å². The van der Waals surface area contributed by atoms with E-state index in [1.54, 1.807) is 18.2 Å². The van der Waals surface area contributed by atoms with E-state index in [-0.39, 0.29) is 34.7 Å². The Bertz CT molecular complexity index is 1180. The molecule has 1 aromatic carbocycles. The fourth-order valence-corrected chi connectivity index (χ4v) is 4.66. The van der Waals surface area contributed by atoms with Crippen LogP contribution in [0.2, 0.25) is 0 Å². The standard InChI is InChI=1S/C22H24FN3O4S/c1-22(2,3)15-25(21(27)28)13-16-12-19(18-10-7-11-24-20(18)23)26(14-16)31(29,30)17-8-5-4-6-9-17/h4-12,14H,13,15H2,1-3H3,(H,27,28). The second-order valence-corrected chi connectivity index (χ2v) is 10.2. The zero-order valence-corrected chi connectivity index (χ0v) is 18.3. The van der Waals surface area contributed by atoms with Gasteiger partial charge in [0, 0.05) is 18.9 Å². The Morgan fingerprint density at radius 2 is 1.84 bits per heavy atom. The largest absolute Gasteiger partial charge is 0.465 e. The minimum Gasteiger partial charge on any atom is -0.465 e. The second-order valence-electron chi connectivity index (χ2n) is 8.39. The van der Waals surface area contributed by atoms with Gasteiger partial charge in [0.2, 0.25) is 5.95 Å². The molecule has 1 N–H and O–H groups in total. The molecule has 7 nitrogen and oxygen atoms in total.